The van der Waals surface area contributed by atoms with Gasteiger partial charge in [-0.3, -0.25) is 19.5 Å². The first-order valence-corrected chi connectivity index (χ1v) is 10.6. The number of aryl methyl sites for hydroxylation is 1. The topological polar surface area (TPSA) is 79.7 Å². The molecular weight excluding hydrogens is 423 g/mol. The summed E-state index contributed by atoms with van der Waals surface area (Å²) in [6.45, 7) is 4.41. The summed E-state index contributed by atoms with van der Waals surface area (Å²) < 4.78 is 19.6. The van der Waals surface area contributed by atoms with Crippen LogP contribution in [-0.2, 0) is 9.59 Å². The lowest BCUT2D eigenvalue weighted by atomic mass is 9.95. The third-order valence-electron chi connectivity index (χ3n) is 5.44. The second kappa shape index (κ2) is 9.24. The predicted molar refractivity (Wildman–Crippen MR) is 122 cm³/mol. The largest absolute Gasteiger partial charge is 0.507 e. The maximum Gasteiger partial charge on any atom is 0.300 e. The molecule has 1 aromatic heterocycles. The van der Waals surface area contributed by atoms with Crippen LogP contribution in [0.1, 0.15) is 36.1 Å². The number of aliphatic hydroxyl groups excluding tert-OH is 1. The standard InChI is InChI=1S/C26H23FN2O4/c1-3-12-33-21-10-9-17(13-16(21)2)24(30)22-23(18-6-5-11-28-15-18)29(26(32)25(22)31)20-8-4-7-19(27)14-20/h4-11,13-15,23,30H,3,12H2,1-2H3/b24-22+. The minimum atomic E-state index is -0.961. The van der Waals surface area contributed by atoms with Gasteiger partial charge >= 0.3 is 0 Å². The number of ketones is 1. The number of pyridine rings is 1. The summed E-state index contributed by atoms with van der Waals surface area (Å²) in [6.07, 6.45) is 3.94. The molecule has 1 unspecified atom stereocenters. The highest BCUT2D eigenvalue weighted by molar-refractivity contribution is 6.51. The second-order valence-electron chi connectivity index (χ2n) is 7.76. The van der Waals surface area contributed by atoms with E-state index in [2.05, 4.69) is 4.98 Å². The van der Waals surface area contributed by atoms with E-state index in [4.69, 9.17) is 4.74 Å². The van der Waals surface area contributed by atoms with Crippen LogP contribution in [0.2, 0.25) is 0 Å². The Hall–Kier alpha value is -4.00. The number of amides is 1. The zero-order valence-electron chi connectivity index (χ0n) is 18.3. The highest BCUT2D eigenvalue weighted by Gasteiger charge is 2.47. The maximum atomic E-state index is 14.0. The van der Waals surface area contributed by atoms with Crippen molar-refractivity contribution in [2.45, 2.75) is 26.3 Å². The summed E-state index contributed by atoms with van der Waals surface area (Å²) in [6, 6.07) is 12.9. The Bertz CT molecular complexity index is 1240. The highest BCUT2D eigenvalue weighted by Crippen LogP contribution is 2.42. The van der Waals surface area contributed by atoms with Crippen molar-refractivity contribution in [2.75, 3.05) is 11.5 Å². The van der Waals surface area contributed by atoms with Gasteiger partial charge in [-0.25, -0.2) is 4.39 Å². The van der Waals surface area contributed by atoms with Crippen LogP contribution in [0, 0.1) is 12.7 Å². The van der Waals surface area contributed by atoms with Gasteiger partial charge in [0.05, 0.1) is 18.2 Å². The Kier molecular flexibility index (Phi) is 6.22. The molecule has 2 heterocycles. The molecule has 1 aliphatic heterocycles. The van der Waals surface area contributed by atoms with Crippen LogP contribution in [0.5, 0.6) is 5.75 Å². The van der Waals surface area contributed by atoms with Crippen molar-refractivity contribution < 1.29 is 23.8 Å². The van der Waals surface area contributed by atoms with E-state index in [0.717, 1.165) is 12.0 Å². The zero-order chi connectivity index (χ0) is 23.5. The van der Waals surface area contributed by atoms with Gasteiger partial charge in [0.25, 0.3) is 11.7 Å². The predicted octanol–water partition coefficient (Wildman–Crippen LogP) is 4.94. The van der Waals surface area contributed by atoms with E-state index in [9.17, 15) is 19.1 Å². The average molecular weight is 446 g/mol. The molecule has 0 radical (unpaired) electrons. The van der Waals surface area contributed by atoms with Gasteiger partial charge in [-0.2, -0.15) is 0 Å². The van der Waals surface area contributed by atoms with E-state index < -0.39 is 23.5 Å². The number of nitrogens with zero attached hydrogens (tertiary/aromatic N) is 2. The van der Waals surface area contributed by atoms with E-state index in [0.29, 0.717) is 23.5 Å². The number of halogens is 1. The smallest absolute Gasteiger partial charge is 0.300 e. The summed E-state index contributed by atoms with van der Waals surface area (Å²) in [5, 5.41) is 11.2. The summed E-state index contributed by atoms with van der Waals surface area (Å²) in [7, 11) is 0. The van der Waals surface area contributed by atoms with Crippen molar-refractivity contribution in [1.29, 1.82) is 0 Å². The number of hydrogen-bond donors (Lipinski definition) is 1. The Labute approximate surface area is 191 Å². The number of carbonyl (C=O) groups excluding carboxylic acids is 2. The minimum absolute atomic E-state index is 0.0844. The number of hydrogen-bond acceptors (Lipinski definition) is 5. The fourth-order valence-electron chi connectivity index (χ4n) is 3.90. The monoisotopic (exact) mass is 446 g/mol. The molecular formula is C26H23FN2O4. The molecule has 2 aromatic carbocycles. The third-order valence-corrected chi connectivity index (χ3v) is 5.44. The highest BCUT2D eigenvalue weighted by atomic mass is 19.1. The molecule has 0 saturated carbocycles. The molecule has 0 spiro atoms. The van der Waals surface area contributed by atoms with Crippen molar-refractivity contribution in [3.05, 3.63) is 95.1 Å². The minimum Gasteiger partial charge on any atom is -0.507 e. The van der Waals surface area contributed by atoms with Crippen LogP contribution in [-0.4, -0.2) is 28.4 Å². The Morgan fingerprint density at radius 3 is 2.64 bits per heavy atom. The summed E-state index contributed by atoms with van der Waals surface area (Å²) in [5.41, 5.74) is 1.80. The van der Waals surface area contributed by atoms with E-state index in [1.54, 1.807) is 42.6 Å². The molecule has 3 aromatic rings. The van der Waals surface area contributed by atoms with Gasteiger partial charge in [-0.15, -0.1) is 0 Å². The normalized spacial score (nSPS) is 17.4. The lowest BCUT2D eigenvalue weighted by Crippen LogP contribution is -2.29. The molecule has 168 valence electrons. The van der Waals surface area contributed by atoms with Crippen LogP contribution in [0.3, 0.4) is 0 Å². The van der Waals surface area contributed by atoms with Crippen LogP contribution < -0.4 is 9.64 Å². The molecule has 4 rings (SSSR count). The Morgan fingerprint density at radius 2 is 1.97 bits per heavy atom. The zero-order valence-corrected chi connectivity index (χ0v) is 18.3. The fraction of sp³-hybridized carbons (Fsp3) is 0.192. The van der Waals surface area contributed by atoms with Crippen molar-refractivity contribution in [3.8, 4) is 5.75 Å². The average Bonchev–Trinajstić information content (AvgIpc) is 3.09. The lowest BCUT2D eigenvalue weighted by Gasteiger charge is -2.25. The first kappa shape index (κ1) is 22.2. The Morgan fingerprint density at radius 1 is 1.15 bits per heavy atom. The van der Waals surface area contributed by atoms with Crippen LogP contribution >= 0.6 is 0 Å². The number of rotatable bonds is 6. The van der Waals surface area contributed by atoms with E-state index in [1.165, 1.54) is 29.3 Å². The molecule has 0 bridgehead atoms. The first-order valence-electron chi connectivity index (χ1n) is 10.6. The van der Waals surface area contributed by atoms with Crippen molar-refractivity contribution in [3.63, 3.8) is 0 Å². The van der Waals surface area contributed by atoms with Gasteiger partial charge < -0.3 is 9.84 Å². The van der Waals surface area contributed by atoms with Crippen LogP contribution in [0.4, 0.5) is 10.1 Å². The van der Waals surface area contributed by atoms with E-state index in [-0.39, 0.29) is 17.0 Å². The number of aliphatic hydroxyl groups is 1. The Balaban J connectivity index is 1.87. The molecule has 1 saturated heterocycles. The summed E-state index contributed by atoms with van der Waals surface area (Å²) in [4.78, 5) is 31.5. The second-order valence-corrected chi connectivity index (χ2v) is 7.76. The number of ether oxygens (including phenoxy) is 1. The van der Waals surface area contributed by atoms with Gasteiger partial charge in [-0.05, 0) is 66.9 Å². The molecule has 1 atom stereocenters. The molecule has 1 aliphatic rings. The number of aromatic nitrogens is 1. The van der Waals surface area contributed by atoms with Gasteiger partial charge in [0.1, 0.15) is 17.3 Å². The molecule has 6 nitrogen and oxygen atoms in total. The maximum absolute atomic E-state index is 14.0. The number of benzene rings is 2. The number of anilines is 1. The van der Waals surface area contributed by atoms with Gasteiger partial charge in [0.15, 0.2) is 0 Å². The molecule has 1 N–H and O–H groups in total. The van der Waals surface area contributed by atoms with Crippen molar-refractivity contribution in [1.82, 2.24) is 4.98 Å². The summed E-state index contributed by atoms with van der Waals surface area (Å²) >= 11 is 0. The van der Waals surface area contributed by atoms with E-state index >= 15 is 0 Å². The van der Waals surface area contributed by atoms with Crippen molar-refractivity contribution >= 4 is 23.1 Å². The third kappa shape index (κ3) is 4.22. The number of carbonyl (C=O) groups is 2. The van der Waals surface area contributed by atoms with Crippen molar-refractivity contribution in [2.24, 2.45) is 0 Å². The van der Waals surface area contributed by atoms with E-state index in [1.807, 2.05) is 13.8 Å². The molecule has 0 aliphatic carbocycles. The lowest BCUT2D eigenvalue weighted by molar-refractivity contribution is -0.132. The first-order chi connectivity index (χ1) is 15.9. The molecule has 7 heteroatoms. The van der Waals surface area contributed by atoms with Gasteiger partial charge in [-0.1, -0.05) is 19.1 Å². The molecule has 1 amide bonds. The number of Topliss-reactive ketones (excluding diaryl/α,β-unsaturated/α-hetero) is 1. The molecule has 1 fully saturated rings. The molecule has 33 heavy (non-hydrogen) atoms. The van der Waals surface area contributed by atoms with Gasteiger partial charge in [0, 0.05) is 23.6 Å². The van der Waals surface area contributed by atoms with Gasteiger partial charge in [0.2, 0.25) is 0 Å². The quantitative estimate of drug-likeness (QED) is 0.329. The van der Waals surface area contributed by atoms with Crippen LogP contribution in [0.25, 0.3) is 5.76 Å². The summed E-state index contributed by atoms with van der Waals surface area (Å²) in [5.74, 6) is -1.88. The SMILES string of the molecule is CCCOc1ccc(/C(O)=C2\C(=O)C(=O)N(c3cccc(F)c3)C2c2cccnc2)cc1C. The van der Waals surface area contributed by atoms with Crippen LogP contribution in [0.15, 0.2) is 72.6 Å². The fourth-order valence-corrected chi connectivity index (χ4v) is 3.90.